The molecule has 0 bridgehead atoms. The molecule has 5 nitrogen and oxygen atoms in total. The fraction of sp³-hybridized carbons (Fsp3) is 0.519. The van der Waals surface area contributed by atoms with Crippen LogP contribution < -0.4 is 9.47 Å². The van der Waals surface area contributed by atoms with Gasteiger partial charge >= 0.3 is 0 Å². The van der Waals surface area contributed by atoms with Crippen LogP contribution in [0.3, 0.4) is 0 Å². The molecule has 0 aliphatic carbocycles. The monoisotopic (exact) mass is 439 g/mol. The lowest BCUT2D eigenvalue weighted by molar-refractivity contribution is -0.129. The summed E-state index contributed by atoms with van der Waals surface area (Å²) in [5.74, 6) is 2.67. The smallest absolute Gasteiger partial charge is 0.219 e. The van der Waals surface area contributed by atoms with E-state index in [1.165, 1.54) is 5.56 Å². The molecule has 1 amide bonds. The fourth-order valence-corrected chi connectivity index (χ4v) is 4.74. The van der Waals surface area contributed by atoms with Gasteiger partial charge in [0.25, 0.3) is 0 Å². The van der Waals surface area contributed by atoms with Gasteiger partial charge in [0.2, 0.25) is 5.91 Å². The number of amides is 1. The Kier molecular flexibility index (Phi) is 8.19. The molecular weight excluding hydrogens is 402 g/mol. The highest BCUT2D eigenvalue weighted by Gasteiger charge is 2.34. The van der Waals surface area contributed by atoms with Gasteiger partial charge < -0.3 is 19.1 Å². The molecule has 1 aliphatic rings. The van der Waals surface area contributed by atoms with Crippen molar-refractivity contribution >= 4 is 5.91 Å². The van der Waals surface area contributed by atoms with Gasteiger partial charge in [-0.15, -0.1) is 0 Å². The van der Waals surface area contributed by atoms with Crippen LogP contribution in [-0.2, 0) is 16.1 Å². The Morgan fingerprint density at radius 2 is 1.66 bits per heavy atom. The van der Waals surface area contributed by atoms with E-state index in [0.717, 1.165) is 49.5 Å². The normalized spacial score (nSPS) is 18.6. The largest absolute Gasteiger partial charge is 0.497 e. The van der Waals surface area contributed by atoms with Gasteiger partial charge in [-0.05, 0) is 80.3 Å². The van der Waals surface area contributed by atoms with Crippen molar-refractivity contribution in [3.05, 3.63) is 59.7 Å². The van der Waals surface area contributed by atoms with Gasteiger partial charge in [-0.1, -0.05) is 24.3 Å². The summed E-state index contributed by atoms with van der Waals surface area (Å²) >= 11 is 0. The highest BCUT2D eigenvalue weighted by molar-refractivity contribution is 5.73. The van der Waals surface area contributed by atoms with Crippen LogP contribution in [0.5, 0.6) is 11.5 Å². The second kappa shape index (κ2) is 10.9. The van der Waals surface area contributed by atoms with E-state index < -0.39 is 0 Å². The van der Waals surface area contributed by atoms with Gasteiger partial charge in [0.15, 0.2) is 0 Å². The molecule has 5 heteroatoms. The number of rotatable bonds is 9. The minimum Gasteiger partial charge on any atom is -0.497 e. The number of carbonyl (C=O) groups is 1. The topological polar surface area (TPSA) is 48.0 Å². The SMILES string of the molecule is COc1ccc(CN(CC[C@@H](c2ccc(OC)cc2)[C@@H]2CCOC(C)(C)C2)C(C)=O)cc1. The third kappa shape index (κ3) is 6.49. The predicted molar refractivity (Wildman–Crippen MR) is 127 cm³/mol. The summed E-state index contributed by atoms with van der Waals surface area (Å²) in [7, 11) is 3.35. The zero-order valence-corrected chi connectivity index (χ0v) is 20.1. The van der Waals surface area contributed by atoms with Crippen molar-refractivity contribution in [3.63, 3.8) is 0 Å². The summed E-state index contributed by atoms with van der Waals surface area (Å²) < 4.78 is 16.6. The number of carbonyl (C=O) groups excluding carboxylic acids is 1. The molecule has 0 saturated carbocycles. The van der Waals surface area contributed by atoms with Crippen LogP contribution in [0.4, 0.5) is 0 Å². The van der Waals surface area contributed by atoms with Gasteiger partial charge in [-0.25, -0.2) is 0 Å². The molecule has 32 heavy (non-hydrogen) atoms. The highest BCUT2D eigenvalue weighted by atomic mass is 16.5. The third-order valence-electron chi connectivity index (χ3n) is 6.54. The Morgan fingerprint density at radius 1 is 1.06 bits per heavy atom. The molecule has 0 unspecified atom stereocenters. The number of hydrogen-bond donors (Lipinski definition) is 0. The maximum Gasteiger partial charge on any atom is 0.219 e. The highest BCUT2D eigenvalue weighted by Crippen LogP contribution is 2.40. The number of hydrogen-bond acceptors (Lipinski definition) is 4. The van der Waals surface area contributed by atoms with Crippen LogP contribution in [0.2, 0.25) is 0 Å². The Morgan fingerprint density at radius 3 is 2.19 bits per heavy atom. The lowest BCUT2D eigenvalue weighted by Crippen LogP contribution is -2.37. The maximum absolute atomic E-state index is 12.4. The van der Waals surface area contributed by atoms with E-state index in [2.05, 4.69) is 26.0 Å². The molecule has 2 aromatic rings. The van der Waals surface area contributed by atoms with Crippen molar-refractivity contribution < 1.29 is 19.0 Å². The summed E-state index contributed by atoms with van der Waals surface area (Å²) in [6.45, 7) is 8.12. The van der Waals surface area contributed by atoms with E-state index in [1.807, 2.05) is 41.3 Å². The molecule has 2 atom stereocenters. The molecule has 0 aromatic heterocycles. The van der Waals surface area contributed by atoms with E-state index in [1.54, 1.807) is 21.1 Å². The zero-order chi connectivity index (χ0) is 23.1. The summed E-state index contributed by atoms with van der Waals surface area (Å²) in [6, 6.07) is 16.4. The first-order chi connectivity index (χ1) is 15.3. The Labute approximate surface area is 192 Å². The van der Waals surface area contributed by atoms with Crippen molar-refractivity contribution in [3.8, 4) is 11.5 Å². The van der Waals surface area contributed by atoms with Gasteiger partial charge in [0.05, 0.1) is 19.8 Å². The standard InChI is InChI=1S/C27H37NO4/c1-20(29)28(19-21-6-10-24(30-4)11-7-21)16-14-26(22-8-12-25(31-5)13-9-22)23-15-17-32-27(2,3)18-23/h6-13,23,26H,14-19H2,1-5H3/t23-,26+/m1/s1. The van der Waals surface area contributed by atoms with Crippen LogP contribution >= 0.6 is 0 Å². The molecule has 1 heterocycles. The number of ether oxygens (including phenoxy) is 3. The molecule has 3 rings (SSSR count). The summed E-state index contributed by atoms with van der Waals surface area (Å²) in [5.41, 5.74) is 2.30. The Hall–Kier alpha value is -2.53. The van der Waals surface area contributed by atoms with Crippen LogP contribution in [0.15, 0.2) is 48.5 Å². The van der Waals surface area contributed by atoms with Crippen molar-refractivity contribution in [2.75, 3.05) is 27.4 Å². The molecule has 1 aliphatic heterocycles. The van der Waals surface area contributed by atoms with E-state index in [0.29, 0.717) is 18.4 Å². The van der Waals surface area contributed by atoms with Gasteiger partial charge in [-0.2, -0.15) is 0 Å². The van der Waals surface area contributed by atoms with E-state index in [9.17, 15) is 4.79 Å². The molecule has 0 spiro atoms. The van der Waals surface area contributed by atoms with Crippen molar-refractivity contribution in [1.29, 1.82) is 0 Å². The number of benzene rings is 2. The second-order valence-corrected chi connectivity index (χ2v) is 9.32. The lowest BCUT2D eigenvalue weighted by atomic mass is 9.75. The van der Waals surface area contributed by atoms with Crippen molar-refractivity contribution in [1.82, 2.24) is 4.90 Å². The minimum atomic E-state index is -0.114. The molecule has 174 valence electrons. The van der Waals surface area contributed by atoms with E-state index in [-0.39, 0.29) is 11.5 Å². The minimum absolute atomic E-state index is 0.0987. The Balaban J connectivity index is 1.76. The first-order valence-corrected chi connectivity index (χ1v) is 11.5. The predicted octanol–water partition coefficient (Wildman–Crippen LogP) is 5.43. The molecule has 2 aromatic carbocycles. The Bertz CT molecular complexity index is 860. The first kappa shape index (κ1) is 24.1. The van der Waals surface area contributed by atoms with Gasteiger partial charge in [0.1, 0.15) is 11.5 Å². The summed E-state index contributed by atoms with van der Waals surface area (Å²) in [6.07, 6.45) is 2.98. The quantitative estimate of drug-likeness (QED) is 0.523. The van der Waals surface area contributed by atoms with Crippen LogP contribution in [-0.4, -0.2) is 43.8 Å². The maximum atomic E-state index is 12.4. The third-order valence-corrected chi connectivity index (χ3v) is 6.54. The van der Waals surface area contributed by atoms with Crippen molar-refractivity contribution in [2.24, 2.45) is 5.92 Å². The average Bonchev–Trinajstić information content (AvgIpc) is 2.78. The van der Waals surface area contributed by atoms with Crippen LogP contribution in [0, 0.1) is 5.92 Å². The molecule has 0 N–H and O–H groups in total. The first-order valence-electron chi connectivity index (χ1n) is 11.5. The van der Waals surface area contributed by atoms with E-state index >= 15 is 0 Å². The molecule has 1 saturated heterocycles. The van der Waals surface area contributed by atoms with Gasteiger partial charge in [0, 0.05) is 26.6 Å². The summed E-state index contributed by atoms with van der Waals surface area (Å²) in [4.78, 5) is 14.4. The average molecular weight is 440 g/mol. The van der Waals surface area contributed by atoms with Crippen LogP contribution in [0.1, 0.15) is 57.1 Å². The fourth-order valence-electron chi connectivity index (χ4n) is 4.74. The molecular formula is C27H37NO4. The number of nitrogens with zero attached hydrogens (tertiary/aromatic N) is 1. The second-order valence-electron chi connectivity index (χ2n) is 9.32. The van der Waals surface area contributed by atoms with E-state index in [4.69, 9.17) is 14.2 Å². The van der Waals surface area contributed by atoms with Crippen LogP contribution in [0.25, 0.3) is 0 Å². The van der Waals surface area contributed by atoms with Crippen molar-refractivity contribution in [2.45, 2.75) is 58.1 Å². The number of methoxy groups -OCH3 is 2. The van der Waals surface area contributed by atoms with Gasteiger partial charge in [-0.3, -0.25) is 4.79 Å². The molecule has 0 radical (unpaired) electrons. The zero-order valence-electron chi connectivity index (χ0n) is 20.1. The summed E-state index contributed by atoms with van der Waals surface area (Å²) in [5, 5.41) is 0. The molecule has 1 fully saturated rings. The lowest BCUT2D eigenvalue weighted by Gasteiger charge is -2.40.